The maximum absolute atomic E-state index is 9.56. The fraction of sp³-hybridized carbons (Fsp3) is 0.227. The lowest BCUT2D eigenvalue weighted by Gasteiger charge is -2.11. The molecule has 0 bridgehead atoms. The number of methoxy groups -OCH3 is 2. The number of nitriles is 1. The van der Waals surface area contributed by atoms with Crippen LogP contribution >= 0.6 is 0 Å². The van der Waals surface area contributed by atoms with Crippen molar-refractivity contribution in [3.05, 3.63) is 65.2 Å². The van der Waals surface area contributed by atoms with Crippen LogP contribution in [0.4, 0.5) is 5.69 Å². The van der Waals surface area contributed by atoms with Gasteiger partial charge >= 0.3 is 0 Å². The maximum Gasteiger partial charge on any atom is 0.191 e. The number of allylic oxidation sites excluding steroid dienone is 1. The Hall–Kier alpha value is -3.79. The lowest BCUT2D eigenvalue weighted by molar-refractivity contribution is 0.354. The van der Waals surface area contributed by atoms with E-state index >= 15 is 0 Å². The Kier molecular flexibility index (Phi) is 6.15. The van der Waals surface area contributed by atoms with E-state index in [2.05, 4.69) is 21.3 Å². The minimum atomic E-state index is 0.375. The SMILES string of the molecule is COc1ccc(Cc2nc(/C(C#N)=C/c3ccc(N(C)C)cc3)n[nH]2)cc1OC. The number of benzene rings is 2. The second kappa shape index (κ2) is 8.93. The van der Waals surface area contributed by atoms with Crippen LogP contribution in [0, 0.1) is 11.3 Å². The average molecular weight is 389 g/mol. The number of hydrogen-bond acceptors (Lipinski definition) is 6. The summed E-state index contributed by atoms with van der Waals surface area (Å²) >= 11 is 0. The summed E-state index contributed by atoms with van der Waals surface area (Å²) in [6.07, 6.45) is 2.31. The molecule has 0 unspecified atom stereocenters. The van der Waals surface area contributed by atoms with E-state index in [1.807, 2.05) is 61.5 Å². The van der Waals surface area contributed by atoms with Crippen molar-refractivity contribution in [1.29, 1.82) is 5.26 Å². The minimum Gasteiger partial charge on any atom is -0.493 e. The van der Waals surface area contributed by atoms with Crippen LogP contribution in [0.2, 0.25) is 0 Å². The van der Waals surface area contributed by atoms with E-state index in [4.69, 9.17) is 9.47 Å². The Labute approximate surface area is 170 Å². The molecule has 1 heterocycles. The summed E-state index contributed by atoms with van der Waals surface area (Å²) in [5, 5.41) is 16.7. The van der Waals surface area contributed by atoms with Crippen LogP contribution in [0.15, 0.2) is 42.5 Å². The number of nitrogens with zero attached hydrogens (tertiary/aromatic N) is 4. The Balaban J connectivity index is 1.79. The molecule has 0 aliphatic rings. The van der Waals surface area contributed by atoms with Crippen molar-refractivity contribution in [2.24, 2.45) is 0 Å². The summed E-state index contributed by atoms with van der Waals surface area (Å²) in [4.78, 5) is 6.50. The summed E-state index contributed by atoms with van der Waals surface area (Å²) < 4.78 is 10.6. The molecule has 0 fully saturated rings. The average Bonchev–Trinajstić information content (AvgIpc) is 3.20. The largest absolute Gasteiger partial charge is 0.493 e. The predicted octanol–water partition coefficient (Wildman–Crippen LogP) is 3.54. The third-order valence-corrected chi connectivity index (χ3v) is 4.43. The van der Waals surface area contributed by atoms with E-state index in [1.165, 1.54) is 0 Å². The highest BCUT2D eigenvalue weighted by Crippen LogP contribution is 2.28. The molecule has 1 N–H and O–H groups in total. The van der Waals surface area contributed by atoms with Gasteiger partial charge in [-0.25, -0.2) is 4.98 Å². The molecule has 7 nitrogen and oxygen atoms in total. The molecule has 3 rings (SSSR count). The second-order valence-corrected chi connectivity index (χ2v) is 6.63. The normalized spacial score (nSPS) is 11.1. The molecule has 2 aromatic carbocycles. The summed E-state index contributed by atoms with van der Waals surface area (Å²) in [5.74, 6) is 2.36. The Bertz CT molecular complexity index is 1050. The van der Waals surface area contributed by atoms with Crippen LogP contribution in [0.25, 0.3) is 11.6 Å². The summed E-state index contributed by atoms with van der Waals surface area (Å²) in [6, 6.07) is 15.8. The summed E-state index contributed by atoms with van der Waals surface area (Å²) in [5.41, 5.74) is 3.40. The third-order valence-electron chi connectivity index (χ3n) is 4.43. The van der Waals surface area contributed by atoms with Gasteiger partial charge < -0.3 is 14.4 Å². The first-order chi connectivity index (χ1) is 14.0. The molecule has 1 aromatic heterocycles. The van der Waals surface area contributed by atoms with Crippen LogP contribution in [0.3, 0.4) is 0 Å². The first-order valence-corrected chi connectivity index (χ1v) is 9.05. The lowest BCUT2D eigenvalue weighted by atomic mass is 10.1. The first kappa shape index (κ1) is 20.0. The second-order valence-electron chi connectivity index (χ2n) is 6.63. The summed E-state index contributed by atoms with van der Waals surface area (Å²) in [7, 11) is 7.17. The maximum atomic E-state index is 9.56. The molecule has 3 aromatic rings. The van der Waals surface area contributed by atoms with Gasteiger partial charge in [-0.2, -0.15) is 10.4 Å². The van der Waals surface area contributed by atoms with Crippen LogP contribution in [0.5, 0.6) is 11.5 Å². The van der Waals surface area contributed by atoms with E-state index in [-0.39, 0.29) is 0 Å². The molecule has 0 saturated carbocycles. The molecule has 0 atom stereocenters. The molecule has 0 aliphatic carbocycles. The van der Waals surface area contributed by atoms with Gasteiger partial charge in [-0.3, -0.25) is 5.10 Å². The van der Waals surface area contributed by atoms with Gasteiger partial charge in [0.2, 0.25) is 0 Å². The molecule has 0 saturated heterocycles. The van der Waals surface area contributed by atoms with E-state index in [0.717, 1.165) is 16.8 Å². The number of ether oxygens (including phenoxy) is 2. The van der Waals surface area contributed by atoms with Gasteiger partial charge in [-0.1, -0.05) is 18.2 Å². The number of nitrogens with one attached hydrogen (secondary N) is 1. The van der Waals surface area contributed by atoms with Gasteiger partial charge in [-0.05, 0) is 41.5 Å². The highest BCUT2D eigenvalue weighted by Gasteiger charge is 2.11. The van der Waals surface area contributed by atoms with Gasteiger partial charge in [0, 0.05) is 26.2 Å². The smallest absolute Gasteiger partial charge is 0.191 e. The number of rotatable bonds is 7. The Morgan fingerprint density at radius 2 is 1.83 bits per heavy atom. The minimum absolute atomic E-state index is 0.375. The number of aromatic nitrogens is 3. The zero-order valence-electron chi connectivity index (χ0n) is 16.9. The third kappa shape index (κ3) is 4.74. The monoisotopic (exact) mass is 389 g/mol. The van der Waals surface area contributed by atoms with Crippen LogP contribution in [0.1, 0.15) is 22.8 Å². The van der Waals surface area contributed by atoms with Crippen molar-refractivity contribution < 1.29 is 9.47 Å². The highest BCUT2D eigenvalue weighted by atomic mass is 16.5. The van der Waals surface area contributed by atoms with Gasteiger partial charge in [-0.15, -0.1) is 0 Å². The molecule has 0 spiro atoms. The van der Waals surface area contributed by atoms with Crippen molar-refractivity contribution in [2.75, 3.05) is 33.2 Å². The fourth-order valence-corrected chi connectivity index (χ4v) is 2.86. The van der Waals surface area contributed by atoms with Gasteiger partial charge in [0.1, 0.15) is 11.9 Å². The number of anilines is 1. The van der Waals surface area contributed by atoms with E-state index in [1.54, 1.807) is 20.3 Å². The molecule has 0 aliphatic heterocycles. The van der Waals surface area contributed by atoms with Crippen molar-refractivity contribution in [2.45, 2.75) is 6.42 Å². The fourth-order valence-electron chi connectivity index (χ4n) is 2.86. The Morgan fingerprint density at radius 1 is 1.10 bits per heavy atom. The molecule has 0 radical (unpaired) electrons. The Morgan fingerprint density at radius 3 is 2.45 bits per heavy atom. The zero-order chi connectivity index (χ0) is 20.8. The van der Waals surface area contributed by atoms with Crippen LogP contribution < -0.4 is 14.4 Å². The van der Waals surface area contributed by atoms with Crippen molar-refractivity contribution in [3.63, 3.8) is 0 Å². The predicted molar refractivity (Wildman–Crippen MR) is 113 cm³/mol. The topological polar surface area (TPSA) is 87.1 Å². The molecular formula is C22H23N5O2. The number of hydrogen-bond donors (Lipinski definition) is 1. The molecule has 148 valence electrons. The van der Waals surface area contributed by atoms with E-state index in [0.29, 0.717) is 35.1 Å². The standard InChI is InChI=1S/C22H23N5O2/c1-27(2)18-8-5-15(6-9-18)11-17(14-23)22-24-21(25-26-22)13-16-7-10-19(28-3)20(12-16)29-4/h5-12H,13H2,1-4H3,(H,24,25,26)/b17-11+. The van der Waals surface area contributed by atoms with Gasteiger partial charge in [0.05, 0.1) is 19.8 Å². The first-order valence-electron chi connectivity index (χ1n) is 9.05. The van der Waals surface area contributed by atoms with Gasteiger partial charge in [0.15, 0.2) is 17.3 Å². The number of H-pyrrole nitrogens is 1. The lowest BCUT2D eigenvalue weighted by Crippen LogP contribution is -2.07. The van der Waals surface area contributed by atoms with E-state index in [9.17, 15) is 5.26 Å². The van der Waals surface area contributed by atoms with Gasteiger partial charge in [0.25, 0.3) is 0 Å². The van der Waals surface area contributed by atoms with Crippen molar-refractivity contribution >= 4 is 17.3 Å². The van der Waals surface area contributed by atoms with Crippen molar-refractivity contribution in [1.82, 2.24) is 15.2 Å². The van der Waals surface area contributed by atoms with E-state index < -0.39 is 0 Å². The quantitative estimate of drug-likeness (QED) is 0.622. The molecule has 0 amide bonds. The van der Waals surface area contributed by atoms with Crippen LogP contribution in [-0.2, 0) is 6.42 Å². The highest BCUT2D eigenvalue weighted by molar-refractivity contribution is 5.87. The van der Waals surface area contributed by atoms with Crippen molar-refractivity contribution in [3.8, 4) is 17.6 Å². The molecule has 7 heteroatoms. The van der Waals surface area contributed by atoms with Crippen LogP contribution in [-0.4, -0.2) is 43.5 Å². The number of aromatic amines is 1. The molecular weight excluding hydrogens is 366 g/mol. The summed E-state index contributed by atoms with van der Waals surface area (Å²) in [6.45, 7) is 0. The zero-order valence-corrected chi connectivity index (χ0v) is 16.9. The molecule has 29 heavy (non-hydrogen) atoms.